The number of esters is 1. The highest BCUT2D eigenvalue weighted by molar-refractivity contribution is 7.91. The van der Waals surface area contributed by atoms with Crippen LogP contribution >= 0.6 is 0 Å². The van der Waals surface area contributed by atoms with Crippen molar-refractivity contribution in [2.24, 2.45) is 40.4 Å². The number of nitrogens with one attached hydrogen (secondary N) is 1. The Balaban J connectivity index is 1.16. The van der Waals surface area contributed by atoms with Gasteiger partial charge in [0, 0.05) is 31.7 Å². The van der Waals surface area contributed by atoms with Gasteiger partial charge in [0.25, 0.3) is 5.92 Å². The molecule has 2 amide bonds. The van der Waals surface area contributed by atoms with Crippen molar-refractivity contribution in [3.05, 3.63) is 23.9 Å². The number of carbonyl (C=O) groups is 4. The maximum absolute atomic E-state index is 16.5. The maximum atomic E-state index is 16.5. The molecule has 0 spiro atoms. The molecule has 3 heterocycles. The Kier molecular flexibility index (Phi) is 11.4. The number of carbonyl (C=O) groups excluding carboxylic acids is 4. The van der Waals surface area contributed by atoms with E-state index in [1.807, 2.05) is 0 Å². The molecule has 18 heteroatoms. The predicted molar refractivity (Wildman–Crippen MR) is 216 cm³/mol. The van der Waals surface area contributed by atoms with Crippen LogP contribution in [0.5, 0.6) is 11.6 Å². The number of Topliss-reactive ketones (excluding diaryl/α,β-unsaturated/α-hetero) is 1. The summed E-state index contributed by atoms with van der Waals surface area (Å²) in [5, 5.41) is 0. The third-order valence-electron chi connectivity index (χ3n) is 14.7. The topological polar surface area (TPSA) is 171 Å². The van der Waals surface area contributed by atoms with E-state index in [4.69, 9.17) is 14.2 Å². The lowest BCUT2D eigenvalue weighted by atomic mass is 9.77. The molecular weight excluding hydrogens is 837 g/mol. The fourth-order valence-electron chi connectivity index (χ4n) is 10.3. The van der Waals surface area contributed by atoms with Crippen molar-refractivity contribution in [2.45, 2.75) is 147 Å². The molecule has 1 aromatic heterocycles. The van der Waals surface area contributed by atoms with Gasteiger partial charge in [-0.25, -0.2) is 27.2 Å². The summed E-state index contributed by atoms with van der Waals surface area (Å²) in [7, 11) is -2.76. The highest BCUT2D eigenvalue weighted by Gasteiger charge is 2.64. The molecule has 9 atom stereocenters. The van der Waals surface area contributed by atoms with Crippen molar-refractivity contribution in [1.29, 1.82) is 0 Å². The molecule has 13 nitrogen and oxygen atoms in total. The highest BCUT2D eigenvalue weighted by atomic mass is 32.2. The minimum absolute atomic E-state index is 0.00103. The molecule has 8 rings (SSSR count). The fourth-order valence-corrected chi connectivity index (χ4v) is 11.6. The first-order valence-corrected chi connectivity index (χ1v) is 23.3. The minimum Gasteiger partial charge on any atom is -0.497 e. The normalized spacial score (nSPS) is 33.0. The Labute approximate surface area is 358 Å². The smallest absolute Gasteiger partial charge is 0.306 e. The maximum Gasteiger partial charge on any atom is 0.306 e. The van der Waals surface area contributed by atoms with E-state index in [1.54, 1.807) is 26.8 Å². The highest BCUT2D eigenvalue weighted by Crippen LogP contribution is 2.60. The van der Waals surface area contributed by atoms with Gasteiger partial charge in [0.1, 0.15) is 18.0 Å². The molecule has 2 aromatic rings. The standard InChI is InChI=1S/C44H56F4N4O9S/c1-41(2,3)29-19-36(54)61-34-15-23-14-28(23)27(34)8-6-7-11-44(47,48)37-38(50-31-17-25(59-5)9-10-30(31)49-37)60-26-18-32(52(22-26)39(29)55)33(53)21-43(20-24(43)16-35(45)46)40(56)51-62(57,58)42(4)12-13-42/h9-10,17,23-24,26-29,32,34-35H,6-8,11-16,18-22H2,1-5H3,(H,51,56)/t23-,24+,26?,27+,28-,29+,32-,34+,43+/m0/s1. The van der Waals surface area contributed by atoms with Gasteiger partial charge in [-0.15, -0.1) is 0 Å². The van der Waals surface area contributed by atoms with Crippen LogP contribution in [-0.4, -0.2) is 89.9 Å². The van der Waals surface area contributed by atoms with E-state index in [0.29, 0.717) is 49.7 Å². The second-order valence-electron chi connectivity index (χ2n) is 20.1. The Morgan fingerprint density at radius 2 is 1.76 bits per heavy atom. The molecular formula is C44H56F4N4O9S. The van der Waals surface area contributed by atoms with Crippen LogP contribution in [-0.2, 0) is 39.9 Å². The Morgan fingerprint density at radius 3 is 2.44 bits per heavy atom. The van der Waals surface area contributed by atoms with Crippen LogP contribution in [0.4, 0.5) is 17.6 Å². The lowest BCUT2D eigenvalue weighted by molar-refractivity contribution is -0.158. The largest absolute Gasteiger partial charge is 0.497 e. The van der Waals surface area contributed by atoms with Crippen molar-refractivity contribution in [3.8, 4) is 11.6 Å². The molecule has 1 saturated heterocycles. The van der Waals surface area contributed by atoms with Crippen LogP contribution < -0.4 is 14.2 Å². The summed E-state index contributed by atoms with van der Waals surface area (Å²) in [6.45, 7) is 6.47. The SMILES string of the molecule is COc1ccc2nc3c(nc2c1)OC1C[C@@H](C(=O)C[C@]2(C(=O)NS(=O)(=O)C4(C)CC4)C[C@H]2CC(F)F)N(C1)C(=O)[C@H](C(C)(C)C)CC(=O)O[C@@H]1C[C@@H]2C[C@@H]2[C@H]1CCCCC3(F)F. The minimum atomic E-state index is -4.20. The van der Waals surface area contributed by atoms with Gasteiger partial charge in [-0.3, -0.25) is 23.9 Å². The van der Waals surface area contributed by atoms with Gasteiger partial charge in [0.05, 0.1) is 53.2 Å². The number of alkyl halides is 4. The van der Waals surface area contributed by atoms with Crippen LogP contribution in [0, 0.1) is 40.4 Å². The number of ketones is 1. The number of rotatable bonds is 9. The number of sulfonamides is 1. The summed E-state index contributed by atoms with van der Waals surface area (Å²) in [4.78, 5) is 67.2. The number of methoxy groups -OCH3 is 1. The number of fused-ring (bicyclic) bond motifs is 7. The summed E-state index contributed by atoms with van der Waals surface area (Å²) >= 11 is 0. The molecule has 1 aromatic carbocycles. The molecule has 2 aliphatic heterocycles. The van der Waals surface area contributed by atoms with Gasteiger partial charge in [0.2, 0.25) is 34.1 Å². The zero-order valence-electron chi connectivity index (χ0n) is 35.8. The van der Waals surface area contributed by atoms with Crippen molar-refractivity contribution in [1.82, 2.24) is 19.6 Å². The lowest BCUT2D eigenvalue weighted by Gasteiger charge is -2.35. The number of benzene rings is 1. The predicted octanol–water partition coefficient (Wildman–Crippen LogP) is 6.89. The van der Waals surface area contributed by atoms with Crippen LogP contribution in [0.3, 0.4) is 0 Å². The molecule has 5 fully saturated rings. The summed E-state index contributed by atoms with van der Waals surface area (Å²) in [5.74, 6) is -7.93. The van der Waals surface area contributed by atoms with Crippen molar-refractivity contribution in [2.75, 3.05) is 13.7 Å². The summed E-state index contributed by atoms with van der Waals surface area (Å²) in [6.07, 6.45) is -3.71. The second-order valence-corrected chi connectivity index (χ2v) is 22.3. The molecule has 4 aliphatic carbocycles. The van der Waals surface area contributed by atoms with E-state index < -0.39 is 122 Å². The molecule has 6 aliphatic rings. The summed E-state index contributed by atoms with van der Waals surface area (Å²) < 4.78 is 105. The molecule has 0 radical (unpaired) electrons. The molecule has 340 valence electrons. The quantitative estimate of drug-likeness (QED) is 0.205. The number of hydrogen-bond donors (Lipinski definition) is 1. The third kappa shape index (κ3) is 8.61. The number of ether oxygens (including phenoxy) is 3. The van der Waals surface area contributed by atoms with Crippen LogP contribution in [0.25, 0.3) is 11.0 Å². The van der Waals surface area contributed by atoms with E-state index in [0.717, 1.165) is 6.42 Å². The zero-order chi connectivity index (χ0) is 44.7. The third-order valence-corrected chi connectivity index (χ3v) is 16.8. The van der Waals surface area contributed by atoms with Gasteiger partial charge in [-0.05, 0) is 93.1 Å². The fraction of sp³-hybridized carbons (Fsp3) is 0.727. The Bertz CT molecular complexity index is 2250. The molecule has 4 saturated carbocycles. The van der Waals surface area contributed by atoms with Crippen LogP contribution in [0.1, 0.15) is 117 Å². The van der Waals surface area contributed by atoms with E-state index >= 15 is 8.78 Å². The molecule has 1 unspecified atom stereocenters. The van der Waals surface area contributed by atoms with E-state index in [1.165, 1.54) is 31.1 Å². The average molecular weight is 893 g/mol. The summed E-state index contributed by atoms with van der Waals surface area (Å²) in [5.41, 5.74) is -3.00. The van der Waals surface area contributed by atoms with Crippen LogP contribution in [0.2, 0.25) is 0 Å². The van der Waals surface area contributed by atoms with Crippen molar-refractivity contribution in [3.63, 3.8) is 0 Å². The number of hydrogen-bond acceptors (Lipinski definition) is 11. The number of nitrogens with zero attached hydrogens (tertiary/aromatic N) is 3. The monoisotopic (exact) mass is 892 g/mol. The molecule has 62 heavy (non-hydrogen) atoms. The average Bonchev–Trinajstić information content (AvgIpc) is 4.15. The first-order valence-electron chi connectivity index (χ1n) is 21.8. The van der Waals surface area contributed by atoms with Gasteiger partial charge < -0.3 is 19.1 Å². The molecule has 1 N–H and O–H groups in total. The van der Waals surface area contributed by atoms with Gasteiger partial charge in [-0.1, -0.05) is 27.2 Å². The number of halogens is 4. The zero-order valence-corrected chi connectivity index (χ0v) is 36.6. The first kappa shape index (κ1) is 44.5. The van der Waals surface area contributed by atoms with Gasteiger partial charge in [0.15, 0.2) is 11.5 Å². The van der Waals surface area contributed by atoms with Crippen molar-refractivity contribution < 1.29 is 59.4 Å². The van der Waals surface area contributed by atoms with Gasteiger partial charge >= 0.3 is 5.97 Å². The number of aromatic nitrogens is 2. The Hall–Kier alpha value is -4.09. The molecule has 2 bridgehead atoms. The van der Waals surface area contributed by atoms with E-state index in [9.17, 15) is 36.4 Å². The van der Waals surface area contributed by atoms with E-state index in [-0.39, 0.29) is 49.2 Å². The lowest BCUT2D eigenvalue weighted by Crippen LogP contribution is -2.49. The van der Waals surface area contributed by atoms with Crippen molar-refractivity contribution >= 4 is 44.6 Å². The van der Waals surface area contributed by atoms with E-state index in [2.05, 4.69) is 14.7 Å². The number of amides is 2. The second kappa shape index (κ2) is 15.9. The summed E-state index contributed by atoms with van der Waals surface area (Å²) in [6, 6.07) is 3.23. The van der Waals surface area contributed by atoms with Gasteiger partial charge in [-0.2, -0.15) is 8.78 Å². The van der Waals surface area contributed by atoms with Crippen LogP contribution in [0.15, 0.2) is 18.2 Å². The first-order chi connectivity index (χ1) is 29.0. The Morgan fingerprint density at radius 1 is 1.02 bits per heavy atom.